The van der Waals surface area contributed by atoms with Crippen molar-refractivity contribution in [1.82, 2.24) is 4.90 Å². The van der Waals surface area contributed by atoms with Gasteiger partial charge in [0.05, 0.1) is 18.5 Å². The fraction of sp³-hybridized carbons (Fsp3) is 0.393. The maximum absolute atomic E-state index is 14.1. The van der Waals surface area contributed by atoms with Crippen LogP contribution in [0.4, 0.5) is 0 Å². The van der Waals surface area contributed by atoms with Crippen LogP contribution in [0.25, 0.3) is 5.70 Å². The SMILES string of the molecule is COc1ccc(C2=CN3C(=O)C(C(C)(C)C)(C(C)(C)C)N=C3C(Cc3ccccc3)=N2)cc1. The van der Waals surface area contributed by atoms with Gasteiger partial charge >= 0.3 is 0 Å². The molecule has 0 radical (unpaired) electrons. The molecule has 2 aromatic rings. The first-order chi connectivity index (χ1) is 15.5. The molecule has 2 aliphatic heterocycles. The summed E-state index contributed by atoms with van der Waals surface area (Å²) in [5.41, 5.74) is 1.95. The van der Waals surface area contributed by atoms with Gasteiger partial charge in [0.2, 0.25) is 0 Å². The van der Waals surface area contributed by atoms with Gasteiger partial charge in [0.1, 0.15) is 5.75 Å². The highest BCUT2D eigenvalue weighted by atomic mass is 16.5. The third-order valence-corrected chi connectivity index (χ3v) is 6.57. The van der Waals surface area contributed by atoms with Gasteiger partial charge < -0.3 is 4.74 Å². The molecule has 2 aromatic carbocycles. The summed E-state index contributed by atoms with van der Waals surface area (Å²) in [5.74, 6) is 1.44. The molecule has 2 aliphatic rings. The highest BCUT2D eigenvalue weighted by Gasteiger charge is 2.62. The van der Waals surface area contributed by atoms with Crippen molar-refractivity contribution in [1.29, 1.82) is 0 Å². The summed E-state index contributed by atoms with van der Waals surface area (Å²) in [4.78, 5) is 26.1. The van der Waals surface area contributed by atoms with Gasteiger partial charge in [0, 0.05) is 18.2 Å². The minimum atomic E-state index is -0.904. The van der Waals surface area contributed by atoms with E-state index in [1.54, 1.807) is 12.0 Å². The number of amidine groups is 1. The highest BCUT2D eigenvalue weighted by molar-refractivity contribution is 6.47. The Morgan fingerprint density at radius 1 is 0.909 bits per heavy atom. The molecule has 0 spiro atoms. The normalized spacial score (nSPS) is 17.8. The zero-order valence-corrected chi connectivity index (χ0v) is 20.6. The molecule has 5 heteroatoms. The number of nitrogens with zero attached hydrogens (tertiary/aromatic N) is 3. The molecule has 0 bridgehead atoms. The third-order valence-electron chi connectivity index (χ3n) is 6.57. The largest absolute Gasteiger partial charge is 0.497 e. The number of hydrogen-bond donors (Lipinski definition) is 0. The van der Waals surface area contributed by atoms with Crippen molar-refractivity contribution in [3.8, 4) is 5.75 Å². The van der Waals surface area contributed by atoms with E-state index in [9.17, 15) is 4.79 Å². The van der Waals surface area contributed by atoms with Gasteiger partial charge in [-0.2, -0.15) is 0 Å². The molecule has 5 nitrogen and oxygen atoms in total. The van der Waals surface area contributed by atoms with E-state index in [1.165, 1.54) is 0 Å². The number of fused-ring (bicyclic) bond motifs is 1. The molecule has 0 N–H and O–H groups in total. The Morgan fingerprint density at radius 3 is 2.06 bits per heavy atom. The van der Waals surface area contributed by atoms with Gasteiger partial charge in [0.15, 0.2) is 11.4 Å². The molecule has 0 saturated carbocycles. The molecule has 0 unspecified atom stereocenters. The summed E-state index contributed by atoms with van der Waals surface area (Å²) in [6.07, 6.45) is 2.44. The standard InChI is InChI=1S/C28H33N3O2/c1-26(2,3)28(27(4,5)6)25(32)31-18-23(20-13-15-21(33-7)16-14-20)29-22(24(31)30-28)17-19-11-9-8-10-12-19/h8-16,18H,17H2,1-7H3. The Morgan fingerprint density at radius 2 is 1.52 bits per heavy atom. The lowest BCUT2D eigenvalue weighted by atomic mass is 9.60. The number of carbonyl (C=O) groups excluding carboxylic acids is 1. The molecular formula is C28H33N3O2. The number of carbonyl (C=O) groups is 1. The number of rotatable bonds is 4. The lowest BCUT2D eigenvalue weighted by molar-refractivity contribution is -0.138. The molecule has 2 heterocycles. The van der Waals surface area contributed by atoms with E-state index in [4.69, 9.17) is 14.7 Å². The van der Waals surface area contributed by atoms with Gasteiger partial charge in [-0.1, -0.05) is 71.9 Å². The first kappa shape index (κ1) is 23.0. The fourth-order valence-electron chi connectivity index (χ4n) is 5.11. The van der Waals surface area contributed by atoms with Crippen LogP contribution < -0.4 is 4.74 Å². The van der Waals surface area contributed by atoms with Crippen molar-refractivity contribution in [2.24, 2.45) is 20.8 Å². The molecule has 172 valence electrons. The van der Waals surface area contributed by atoms with Crippen LogP contribution in [0.5, 0.6) is 5.75 Å². The van der Waals surface area contributed by atoms with Gasteiger partial charge in [-0.3, -0.25) is 9.69 Å². The summed E-state index contributed by atoms with van der Waals surface area (Å²) >= 11 is 0. The smallest absolute Gasteiger partial charge is 0.261 e. The summed E-state index contributed by atoms with van der Waals surface area (Å²) in [6.45, 7) is 12.6. The first-order valence-corrected chi connectivity index (χ1v) is 11.4. The predicted molar refractivity (Wildman–Crippen MR) is 134 cm³/mol. The van der Waals surface area contributed by atoms with Crippen LogP contribution >= 0.6 is 0 Å². The average Bonchev–Trinajstić information content (AvgIpc) is 3.09. The molecule has 0 aromatic heterocycles. The number of aliphatic imine (C=N–C) groups is 2. The second kappa shape index (κ2) is 7.98. The Kier molecular flexibility index (Phi) is 5.55. The van der Waals surface area contributed by atoms with Gasteiger partial charge in [0.25, 0.3) is 5.91 Å². The number of ether oxygens (including phenoxy) is 1. The van der Waals surface area contributed by atoms with E-state index < -0.39 is 5.54 Å². The molecule has 33 heavy (non-hydrogen) atoms. The maximum Gasteiger partial charge on any atom is 0.261 e. The second-order valence-electron chi connectivity index (χ2n) is 10.8. The van der Waals surface area contributed by atoms with Crippen molar-refractivity contribution in [2.45, 2.75) is 53.5 Å². The topological polar surface area (TPSA) is 54.3 Å². The second-order valence-corrected chi connectivity index (χ2v) is 10.8. The van der Waals surface area contributed by atoms with Crippen LogP contribution in [0.15, 0.2) is 70.8 Å². The van der Waals surface area contributed by atoms with Gasteiger partial charge in [-0.15, -0.1) is 0 Å². The Labute approximate surface area is 196 Å². The van der Waals surface area contributed by atoms with Crippen LogP contribution in [-0.4, -0.2) is 35.0 Å². The van der Waals surface area contributed by atoms with Gasteiger partial charge in [-0.05, 0) is 40.7 Å². The molecule has 1 amide bonds. The number of hydrogen-bond acceptors (Lipinski definition) is 4. The van der Waals surface area contributed by atoms with E-state index in [2.05, 4.69) is 53.7 Å². The highest BCUT2D eigenvalue weighted by Crippen LogP contribution is 2.51. The molecular weight excluding hydrogens is 410 g/mol. The predicted octanol–water partition coefficient (Wildman–Crippen LogP) is 5.76. The van der Waals surface area contributed by atoms with Crippen LogP contribution in [0.1, 0.15) is 52.7 Å². The van der Waals surface area contributed by atoms with E-state index >= 15 is 0 Å². The zero-order chi connectivity index (χ0) is 24.0. The van der Waals surface area contributed by atoms with E-state index in [0.717, 1.165) is 28.3 Å². The van der Waals surface area contributed by atoms with Crippen molar-refractivity contribution in [2.75, 3.05) is 7.11 Å². The molecule has 0 fully saturated rings. The lowest BCUT2D eigenvalue weighted by Gasteiger charge is -2.46. The monoisotopic (exact) mass is 443 g/mol. The number of benzene rings is 2. The van der Waals surface area contributed by atoms with E-state index in [1.807, 2.05) is 48.7 Å². The number of amides is 1. The first-order valence-electron chi connectivity index (χ1n) is 11.4. The van der Waals surface area contributed by atoms with Crippen LogP contribution in [0.2, 0.25) is 0 Å². The summed E-state index contributed by atoms with van der Waals surface area (Å²) in [7, 11) is 1.65. The molecule has 0 aliphatic carbocycles. The Balaban J connectivity index is 1.88. The van der Waals surface area contributed by atoms with E-state index in [0.29, 0.717) is 12.3 Å². The third kappa shape index (κ3) is 3.79. The van der Waals surface area contributed by atoms with Crippen LogP contribution in [0.3, 0.4) is 0 Å². The van der Waals surface area contributed by atoms with Crippen LogP contribution in [0, 0.1) is 10.8 Å². The van der Waals surface area contributed by atoms with Crippen molar-refractivity contribution >= 4 is 23.2 Å². The Bertz CT molecular complexity index is 1130. The minimum absolute atomic E-state index is 0.00368. The van der Waals surface area contributed by atoms with Crippen molar-refractivity contribution in [3.63, 3.8) is 0 Å². The minimum Gasteiger partial charge on any atom is -0.497 e. The molecule has 4 rings (SSSR count). The molecule has 0 saturated heterocycles. The maximum atomic E-state index is 14.1. The summed E-state index contributed by atoms with van der Waals surface area (Å²) < 4.78 is 5.31. The van der Waals surface area contributed by atoms with Gasteiger partial charge in [-0.25, -0.2) is 9.98 Å². The van der Waals surface area contributed by atoms with E-state index in [-0.39, 0.29) is 16.7 Å². The average molecular weight is 444 g/mol. The van der Waals surface area contributed by atoms with Crippen LogP contribution in [-0.2, 0) is 11.2 Å². The zero-order valence-electron chi connectivity index (χ0n) is 20.6. The summed E-state index contributed by atoms with van der Waals surface area (Å²) in [6, 6.07) is 18.0. The fourth-order valence-corrected chi connectivity index (χ4v) is 5.11. The Hall–Kier alpha value is -3.21. The van der Waals surface area contributed by atoms with Crippen molar-refractivity contribution in [3.05, 3.63) is 71.9 Å². The molecule has 0 atom stereocenters. The van der Waals surface area contributed by atoms with Crippen molar-refractivity contribution < 1.29 is 9.53 Å². The quantitative estimate of drug-likeness (QED) is 0.603. The summed E-state index contributed by atoms with van der Waals surface area (Å²) in [5, 5.41) is 0. The number of methoxy groups -OCH3 is 1. The lowest BCUT2D eigenvalue weighted by Crippen LogP contribution is -2.58.